The number of hydrogen-bond donors (Lipinski definition) is 1. The minimum absolute atomic E-state index is 0.0680. The van der Waals surface area contributed by atoms with Crippen molar-refractivity contribution in [3.8, 4) is 0 Å². The lowest BCUT2D eigenvalue weighted by Gasteiger charge is -2.34. The van der Waals surface area contributed by atoms with Gasteiger partial charge in [0, 0.05) is 61.0 Å². The van der Waals surface area contributed by atoms with Crippen molar-refractivity contribution in [3.05, 3.63) is 83.1 Å². The molecule has 2 aromatic heterocycles. The van der Waals surface area contributed by atoms with Crippen LogP contribution in [0.4, 0.5) is 4.39 Å². The Kier molecular flexibility index (Phi) is 5.35. The van der Waals surface area contributed by atoms with Crippen molar-refractivity contribution < 1.29 is 13.9 Å². The third-order valence-electron chi connectivity index (χ3n) is 6.79. The van der Waals surface area contributed by atoms with E-state index in [0.29, 0.717) is 38.3 Å². The number of nitrogens with zero attached hydrogens (tertiary/aromatic N) is 5. The average molecular weight is 461 g/mol. The van der Waals surface area contributed by atoms with Gasteiger partial charge in [0.15, 0.2) is 0 Å². The molecular formula is C25H25FN6O2. The molecule has 2 aliphatic rings. The van der Waals surface area contributed by atoms with E-state index in [4.69, 9.17) is 4.74 Å². The van der Waals surface area contributed by atoms with Gasteiger partial charge in [0.25, 0.3) is 5.91 Å². The molecule has 0 radical (unpaired) electrons. The Morgan fingerprint density at radius 1 is 1.09 bits per heavy atom. The lowest BCUT2D eigenvalue weighted by Crippen LogP contribution is -2.48. The van der Waals surface area contributed by atoms with E-state index in [1.807, 2.05) is 46.1 Å². The first-order valence-electron chi connectivity index (χ1n) is 11.5. The molecule has 1 saturated heterocycles. The van der Waals surface area contributed by atoms with E-state index in [9.17, 15) is 9.18 Å². The number of hydrogen-bond acceptors (Lipinski definition) is 5. The van der Waals surface area contributed by atoms with Crippen molar-refractivity contribution in [1.29, 1.82) is 0 Å². The molecule has 0 bridgehead atoms. The number of rotatable bonds is 4. The van der Waals surface area contributed by atoms with E-state index in [0.717, 1.165) is 40.9 Å². The van der Waals surface area contributed by atoms with E-state index < -0.39 is 0 Å². The molecule has 9 heteroatoms. The molecule has 1 amide bonds. The maximum atomic E-state index is 14.2. The summed E-state index contributed by atoms with van der Waals surface area (Å²) in [5.41, 5.74) is 4.07. The van der Waals surface area contributed by atoms with Crippen molar-refractivity contribution in [2.45, 2.75) is 25.8 Å². The largest absolute Gasteiger partial charge is 0.365 e. The van der Waals surface area contributed by atoms with E-state index in [1.165, 1.54) is 6.07 Å². The van der Waals surface area contributed by atoms with Crippen molar-refractivity contribution in [2.75, 3.05) is 26.2 Å². The molecule has 4 heterocycles. The minimum Gasteiger partial charge on any atom is -0.365 e. The number of halogens is 1. The SMILES string of the molecule is O=C(c1cccc2[nH]ccc12)N1CCN(Cc2nnn3c2CO[C@@H](c2ccccc2F)C3)CC1. The fraction of sp³-hybridized carbons (Fsp3) is 0.320. The Morgan fingerprint density at radius 2 is 1.94 bits per heavy atom. The zero-order valence-electron chi connectivity index (χ0n) is 18.7. The number of piperazine rings is 1. The highest BCUT2D eigenvalue weighted by Crippen LogP contribution is 2.29. The van der Waals surface area contributed by atoms with Gasteiger partial charge < -0.3 is 14.6 Å². The second-order valence-electron chi connectivity index (χ2n) is 8.80. The Morgan fingerprint density at radius 3 is 2.79 bits per heavy atom. The van der Waals surface area contributed by atoms with Crippen LogP contribution in [-0.2, 0) is 24.4 Å². The Labute approximate surface area is 195 Å². The molecule has 0 saturated carbocycles. The van der Waals surface area contributed by atoms with E-state index in [1.54, 1.807) is 12.1 Å². The summed E-state index contributed by atoms with van der Waals surface area (Å²) in [5.74, 6) is -0.199. The topological polar surface area (TPSA) is 79.3 Å². The smallest absolute Gasteiger partial charge is 0.254 e. The highest BCUT2D eigenvalue weighted by atomic mass is 19.1. The van der Waals surface area contributed by atoms with Gasteiger partial charge in [-0.05, 0) is 24.3 Å². The minimum atomic E-state index is -0.373. The molecule has 174 valence electrons. The molecule has 0 unspecified atom stereocenters. The van der Waals surface area contributed by atoms with Crippen molar-refractivity contribution in [2.24, 2.45) is 0 Å². The van der Waals surface area contributed by atoms with Crippen LogP contribution in [0.5, 0.6) is 0 Å². The zero-order chi connectivity index (χ0) is 23.1. The summed E-state index contributed by atoms with van der Waals surface area (Å²) in [4.78, 5) is 20.5. The number of aromatic amines is 1. The second kappa shape index (κ2) is 8.66. The predicted octanol–water partition coefficient (Wildman–Crippen LogP) is 3.13. The number of carbonyl (C=O) groups excluding carboxylic acids is 1. The lowest BCUT2D eigenvalue weighted by molar-refractivity contribution is -0.00418. The van der Waals surface area contributed by atoms with Crippen LogP contribution < -0.4 is 0 Å². The van der Waals surface area contributed by atoms with Crippen LogP contribution in [0.1, 0.15) is 33.4 Å². The Balaban J connectivity index is 1.09. The van der Waals surface area contributed by atoms with Gasteiger partial charge in [-0.25, -0.2) is 9.07 Å². The van der Waals surface area contributed by atoms with E-state index in [-0.39, 0.29) is 17.8 Å². The third kappa shape index (κ3) is 3.76. The quantitative estimate of drug-likeness (QED) is 0.506. The van der Waals surface area contributed by atoms with Crippen LogP contribution in [0, 0.1) is 5.82 Å². The number of fused-ring (bicyclic) bond motifs is 2. The monoisotopic (exact) mass is 460 g/mol. The van der Waals surface area contributed by atoms with Gasteiger partial charge in [-0.3, -0.25) is 9.69 Å². The van der Waals surface area contributed by atoms with Crippen LogP contribution >= 0.6 is 0 Å². The van der Waals surface area contributed by atoms with Crippen LogP contribution in [0.25, 0.3) is 10.9 Å². The Bertz CT molecular complexity index is 1340. The van der Waals surface area contributed by atoms with Gasteiger partial charge in [-0.2, -0.15) is 0 Å². The molecule has 6 rings (SSSR count). The number of amides is 1. The number of nitrogens with one attached hydrogen (secondary N) is 1. The van der Waals surface area contributed by atoms with Crippen LogP contribution in [0.3, 0.4) is 0 Å². The zero-order valence-corrected chi connectivity index (χ0v) is 18.7. The van der Waals surface area contributed by atoms with Gasteiger partial charge in [0.1, 0.15) is 17.6 Å². The number of ether oxygens (including phenoxy) is 1. The number of aromatic nitrogens is 4. The first-order chi connectivity index (χ1) is 16.7. The van der Waals surface area contributed by atoms with Crippen molar-refractivity contribution >= 4 is 16.8 Å². The lowest BCUT2D eigenvalue weighted by atomic mass is 10.1. The van der Waals surface area contributed by atoms with E-state index >= 15 is 0 Å². The molecule has 2 aromatic carbocycles. The van der Waals surface area contributed by atoms with Crippen molar-refractivity contribution in [1.82, 2.24) is 29.8 Å². The highest BCUT2D eigenvalue weighted by Gasteiger charge is 2.29. The molecular weight excluding hydrogens is 435 g/mol. The first kappa shape index (κ1) is 21.0. The first-order valence-corrected chi connectivity index (χ1v) is 11.5. The van der Waals surface area contributed by atoms with Gasteiger partial charge in [0.2, 0.25) is 0 Å². The second-order valence-corrected chi connectivity index (χ2v) is 8.80. The summed E-state index contributed by atoms with van der Waals surface area (Å²) >= 11 is 0. The predicted molar refractivity (Wildman–Crippen MR) is 123 cm³/mol. The number of carbonyl (C=O) groups is 1. The molecule has 0 spiro atoms. The molecule has 0 aliphatic carbocycles. The van der Waals surface area contributed by atoms with Crippen molar-refractivity contribution in [3.63, 3.8) is 0 Å². The van der Waals surface area contributed by atoms with Gasteiger partial charge in [0.05, 0.1) is 18.8 Å². The summed E-state index contributed by atoms with van der Waals surface area (Å²) in [5, 5.41) is 9.65. The van der Waals surface area contributed by atoms with Crippen LogP contribution in [0.2, 0.25) is 0 Å². The van der Waals surface area contributed by atoms with Crippen LogP contribution in [0.15, 0.2) is 54.7 Å². The maximum absolute atomic E-state index is 14.2. The normalized spacial score (nSPS) is 18.9. The standard InChI is InChI=1S/C25H25FN6O2/c26-20-6-2-1-4-19(20)24-15-32-23(16-34-24)22(28-29-32)14-30-10-12-31(13-11-30)25(33)18-5-3-7-21-17(18)8-9-27-21/h1-9,24,27H,10-16H2/t24-/m1/s1. The maximum Gasteiger partial charge on any atom is 0.254 e. The number of benzene rings is 2. The molecule has 1 N–H and O–H groups in total. The third-order valence-corrected chi connectivity index (χ3v) is 6.79. The molecule has 1 atom stereocenters. The summed E-state index contributed by atoms with van der Waals surface area (Å²) in [6.45, 7) is 4.29. The fourth-order valence-electron chi connectivity index (χ4n) is 4.87. The number of H-pyrrole nitrogens is 1. The fourth-order valence-corrected chi connectivity index (χ4v) is 4.87. The summed E-state index contributed by atoms with van der Waals surface area (Å²) in [6, 6.07) is 14.4. The van der Waals surface area contributed by atoms with E-state index in [2.05, 4.69) is 20.2 Å². The Hall–Kier alpha value is -3.56. The van der Waals surface area contributed by atoms with Gasteiger partial charge in [-0.15, -0.1) is 5.10 Å². The molecule has 8 nitrogen and oxygen atoms in total. The highest BCUT2D eigenvalue weighted by molar-refractivity contribution is 6.06. The van der Waals surface area contributed by atoms with Gasteiger partial charge >= 0.3 is 0 Å². The van der Waals surface area contributed by atoms with Gasteiger partial charge in [-0.1, -0.05) is 29.5 Å². The molecule has 2 aliphatic heterocycles. The summed E-state index contributed by atoms with van der Waals surface area (Å²) in [7, 11) is 0. The summed E-state index contributed by atoms with van der Waals surface area (Å²) in [6.07, 6.45) is 1.49. The molecule has 34 heavy (non-hydrogen) atoms. The van der Waals surface area contributed by atoms with Crippen LogP contribution in [-0.4, -0.2) is 61.9 Å². The summed E-state index contributed by atoms with van der Waals surface area (Å²) < 4.78 is 22.0. The molecule has 4 aromatic rings. The molecule has 1 fully saturated rings. The average Bonchev–Trinajstić information content (AvgIpc) is 3.51.